The number of aliphatic imine (C=N–C) groups is 3. The van der Waals surface area contributed by atoms with Gasteiger partial charge in [0, 0.05) is 53.9 Å². The van der Waals surface area contributed by atoms with Crippen molar-refractivity contribution in [1.82, 2.24) is 35.4 Å². The number of aromatic hydroxyl groups is 2. The molecule has 6 aromatic heterocycles. The Balaban J connectivity index is 0.000000196. The molecule has 4 aliphatic rings. The monoisotopic (exact) mass is 1930 g/mol. The van der Waals surface area contributed by atoms with Gasteiger partial charge in [-0.05, 0) is 213 Å². The molecule has 0 atom stereocenters. The molecule has 0 unspecified atom stereocenters. The third-order valence-corrected chi connectivity index (χ3v) is 19.4. The van der Waals surface area contributed by atoms with Crippen LogP contribution in [0.15, 0.2) is 343 Å². The van der Waals surface area contributed by atoms with E-state index in [9.17, 15) is 38.3 Å². The zero-order chi connectivity index (χ0) is 96.1. The number of para-hydroxylation sites is 12. The molecular formula is C99H82BCl4FN13NaO18. The summed E-state index contributed by atoms with van der Waals surface area (Å²) < 4.78 is 48.4. The summed E-state index contributed by atoms with van der Waals surface area (Å²) >= 11 is 22.5. The first-order valence-electron chi connectivity index (χ1n) is 40.6. The summed E-state index contributed by atoms with van der Waals surface area (Å²) in [5.41, 5.74) is 18.4. The number of phenolic OH excluding ortho intramolecular Hbond substituents is 2. The van der Waals surface area contributed by atoms with Crippen LogP contribution in [0.5, 0.6) is 58.0 Å². The van der Waals surface area contributed by atoms with Gasteiger partial charge in [0.15, 0.2) is 23.0 Å². The number of alkyl halides is 1. The minimum Gasteiger partial charge on any atom is -0.870 e. The third-order valence-electron chi connectivity index (χ3n) is 18.3. The van der Waals surface area contributed by atoms with Crippen LogP contribution < -0.4 is 75.8 Å². The number of halogens is 5. The second-order valence-corrected chi connectivity index (χ2v) is 28.4. The van der Waals surface area contributed by atoms with Crippen molar-refractivity contribution < 1.29 is 123 Å². The van der Waals surface area contributed by atoms with E-state index < -0.39 is 37.3 Å². The molecule has 0 saturated heterocycles. The van der Waals surface area contributed by atoms with Gasteiger partial charge in [-0.25, -0.2) is 60.0 Å². The minimum atomic E-state index is -1.51. The summed E-state index contributed by atoms with van der Waals surface area (Å²) in [6, 6.07) is 83.7. The summed E-state index contributed by atoms with van der Waals surface area (Å²) in [7, 11) is -2.51. The zero-order valence-electron chi connectivity index (χ0n) is 72.9. The number of nitrogens with one attached hydrogen (secondary N) is 3. The predicted molar refractivity (Wildman–Crippen MR) is 517 cm³/mol. The number of fused-ring (bicyclic) bond motifs is 8. The van der Waals surface area contributed by atoms with E-state index in [1.807, 2.05) is 127 Å². The number of hydrogen-bond acceptors (Lipinski definition) is 28. The molecule has 0 spiro atoms. The molecule has 19 rings (SSSR count). The van der Waals surface area contributed by atoms with E-state index in [-0.39, 0.29) is 87.3 Å². The number of aromatic nitrogens is 6. The normalized spacial score (nSPS) is 11.1. The van der Waals surface area contributed by atoms with Crippen LogP contribution >= 0.6 is 46.4 Å². The largest absolute Gasteiger partial charge is 1.00 e. The third kappa shape index (κ3) is 29.7. The van der Waals surface area contributed by atoms with Crippen molar-refractivity contribution in [3.63, 3.8) is 0 Å². The Labute approximate surface area is 828 Å². The Morgan fingerprint density at radius 3 is 1.26 bits per heavy atom. The quantitative estimate of drug-likeness (QED) is 0.00848. The molecule has 38 heteroatoms. The molecule has 0 aliphatic carbocycles. The van der Waals surface area contributed by atoms with Gasteiger partial charge in [-0.15, -0.1) is 0 Å². The van der Waals surface area contributed by atoms with Crippen LogP contribution in [0.25, 0.3) is 0 Å². The molecule has 31 nitrogen and oxygen atoms in total. The van der Waals surface area contributed by atoms with Gasteiger partial charge < -0.3 is 70.5 Å². The van der Waals surface area contributed by atoms with Crippen molar-refractivity contribution in [2.24, 2.45) is 15.0 Å². The van der Waals surface area contributed by atoms with Crippen molar-refractivity contribution in [1.29, 1.82) is 0 Å². The SMILES string of the molecule is C.CCOC(=O)c1ccc(B(O)O)cc1.CCOC(=O)c1ccc(C2=Nc3ccccc3Oc3ncccc32)cc1.ClC1=Nc2ccccc2Oc2ncccc21.Nc1ccccc1O.O=C(Cl)c1cccnc1Cl.O=C(NO)c1ccc(C2=Nc3ccccc3Oc3ncccc32)cc1.O=C(Nc1ccccc1O)c1cccnc1Cl.O=C1Nc2ccccc2Oc2ncccc21.[2H]CF.[Na+].[OH-]. The fourth-order valence-corrected chi connectivity index (χ4v) is 12.7. The summed E-state index contributed by atoms with van der Waals surface area (Å²) in [6.45, 7) is 4.18. The Hall–Kier alpha value is -15.5. The molecule has 0 bridgehead atoms. The van der Waals surface area contributed by atoms with E-state index in [0.29, 0.717) is 132 Å². The van der Waals surface area contributed by atoms with Crippen LogP contribution in [0.3, 0.4) is 0 Å². The van der Waals surface area contributed by atoms with Crippen LogP contribution in [0.2, 0.25) is 10.3 Å². The van der Waals surface area contributed by atoms with Crippen LogP contribution in [0.1, 0.15) is 113 Å². The van der Waals surface area contributed by atoms with Gasteiger partial charge in [-0.2, -0.15) is 0 Å². The second-order valence-electron chi connectivity index (χ2n) is 27.0. The van der Waals surface area contributed by atoms with E-state index in [1.165, 1.54) is 48.8 Å². The number of pyridine rings is 6. The van der Waals surface area contributed by atoms with E-state index in [4.69, 9.17) is 112 Å². The van der Waals surface area contributed by atoms with Crippen molar-refractivity contribution >= 4 is 145 Å². The fourth-order valence-electron chi connectivity index (χ4n) is 11.9. The number of carbonyl (C=O) groups is 6. The number of hydroxylamine groups is 1. The molecule has 3 amide bonds. The average molecular weight is 1940 g/mol. The molecule has 690 valence electrons. The second kappa shape index (κ2) is 54.0. The first kappa shape index (κ1) is 105. The fraction of sp³-hybridized carbons (Fsp3) is 0.0606. The number of rotatable bonds is 11. The molecule has 9 aromatic carbocycles. The Bertz CT molecular complexity index is 6770. The maximum Gasteiger partial charge on any atom is 1.00 e. The van der Waals surface area contributed by atoms with Gasteiger partial charge in [-0.1, -0.05) is 151 Å². The van der Waals surface area contributed by atoms with Crippen LogP contribution in [0, 0.1) is 0 Å². The van der Waals surface area contributed by atoms with Gasteiger partial charge >= 0.3 is 48.6 Å². The molecule has 0 radical (unpaired) electrons. The molecular weight excluding hydrogens is 1850 g/mol. The maximum absolute atomic E-state index is 11.9. The van der Waals surface area contributed by atoms with E-state index in [1.54, 1.807) is 172 Å². The van der Waals surface area contributed by atoms with Crippen molar-refractivity contribution in [2.75, 3.05) is 36.7 Å². The number of ether oxygens (including phenoxy) is 6. The standard InChI is InChI=1S/C21H16N2O3.C19H13N3O3.C12H9ClN2O2.C12H7ClN2O.C12H8N2O2.C9H11BO4.C6H3Cl2NO.C6H7NO.CH3F.CH4.Na.H2O/c1-2-25-21(24)15-11-9-14(10-12-15)19-16-6-5-13-22-20(16)26-18-8-4-3-7-17(18)23-19;23-18(22-24)13-9-7-12(8-10-13)17-14-4-3-11-20-19(14)25-16-6-2-1-5-15(16)21-17;13-11-8(4-3-7-14-11)12(17)15-9-5-1-2-6-10(9)16;13-11-8-4-3-7-14-12(8)16-10-6-2-1-5-9(10)15-11;15-11-8-4-3-7-13-12(8)16-10-6-2-1-5-9(10)14-11;1-2-14-9(11)7-3-5-8(6-4-7)10(12)13;7-5-4(6(8)10)2-1-3-9-5;7-5-3-1-2-4-6(5)8;1-2;;;/h3-13H,2H2,1H3;1-11,24H,(H,22,23);1-7,16H,(H,15,17);1-7H;1-7H,(H,14,15);3-6,12-13H,2H2,1H3;1-3H;1-4,8H,7H2;1H3;1H4;;1H2/q;;;;;;;;;;+1;/p-1/i;;;;;;;;1D;;;. The van der Waals surface area contributed by atoms with Gasteiger partial charge in [0.25, 0.3) is 23.0 Å². The average Bonchev–Trinajstić information content (AvgIpc) is 1.64. The van der Waals surface area contributed by atoms with E-state index in [2.05, 4.69) is 45.5 Å². The topological polar surface area (TPSA) is 465 Å². The number of anilines is 3. The molecule has 137 heavy (non-hydrogen) atoms. The molecule has 4 aliphatic heterocycles. The summed E-state index contributed by atoms with van der Waals surface area (Å²) in [4.78, 5) is 107. The summed E-state index contributed by atoms with van der Waals surface area (Å²) in [6.07, 6.45) is 9.61. The number of nitrogen functional groups attached to an aromatic ring is 1. The number of amides is 3. The predicted octanol–water partition coefficient (Wildman–Crippen LogP) is 17.3. The van der Waals surface area contributed by atoms with Crippen molar-refractivity contribution in [3.05, 3.63) is 400 Å². The minimum absolute atomic E-state index is 0. The molecule has 10 heterocycles. The summed E-state index contributed by atoms with van der Waals surface area (Å²) in [5.74, 6) is 2.59. The number of benzene rings is 9. The smallest absolute Gasteiger partial charge is 0.870 e. The first-order chi connectivity index (χ1) is 65.5. The number of carbonyl (C=O) groups excluding carboxylic acids is 6. The molecule has 0 saturated carbocycles. The first-order valence-corrected chi connectivity index (χ1v) is 41.4. The molecule has 11 N–H and O–H groups in total. The van der Waals surface area contributed by atoms with Crippen molar-refractivity contribution in [2.45, 2.75) is 21.3 Å². The number of esters is 2. The van der Waals surface area contributed by atoms with Gasteiger partial charge in [-0.3, -0.25) is 28.8 Å². The number of hydrogen-bond donors (Lipinski definition) is 9. The Morgan fingerprint density at radius 1 is 0.460 bits per heavy atom. The number of phenols is 2. The Morgan fingerprint density at radius 2 is 0.832 bits per heavy atom. The van der Waals surface area contributed by atoms with Crippen LogP contribution in [-0.2, 0) is 9.47 Å². The zero-order valence-corrected chi connectivity index (χ0v) is 77.0. The van der Waals surface area contributed by atoms with E-state index >= 15 is 0 Å². The van der Waals surface area contributed by atoms with Gasteiger partial charge in [0.2, 0.25) is 23.5 Å². The molecule has 15 aromatic rings. The van der Waals surface area contributed by atoms with Crippen LogP contribution in [0.4, 0.5) is 38.5 Å². The molecule has 0 fully saturated rings. The van der Waals surface area contributed by atoms with Crippen LogP contribution in [-0.4, -0.2) is 140 Å². The maximum atomic E-state index is 11.9. The number of nitrogens with two attached hydrogens (primary N) is 1. The summed E-state index contributed by atoms with van der Waals surface area (Å²) in [5, 5.41) is 50.0. The van der Waals surface area contributed by atoms with E-state index in [0.717, 1.165) is 33.7 Å². The van der Waals surface area contributed by atoms with Crippen molar-refractivity contribution in [3.8, 4) is 58.0 Å². The Kier molecular flexibility index (Phi) is 41.5. The van der Waals surface area contributed by atoms with Gasteiger partial charge in [0.1, 0.15) is 49.6 Å². The number of nitrogens with zero attached hydrogens (tertiary/aromatic N) is 9. The van der Waals surface area contributed by atoms with Gasteiger partial charge in [0.05, 0.1) is 89.2 Å².